The van der Waals surface area contributed by atoms with Crippen LogP contribution in [0.5, 0.6) is 0 Å². The van der Waals surface area contributed by atoms with Gasteiger partial charge in [-0.25, -0.2) is 4.39 Å². The van der Waals surface area contributed by atoms with Crippen LogP contribution in [0.4, 0.5) is 4.39 Å². The molecule has 0 saturated heterocycles. The van der Waals surface area contributed by atoms with Crippen LogP contribution in [-0.2, 0) is 6.42 Å². The second kappa shape index (κ2) is 5.91. The van der Waals surface area contributed by atoms with Crippen molar-refractivity contribution in [1.29, 1.82) is 0 Å². The molecule has 0 aliphatic heterocycles. The van der Waals surface area contributed by atoms with Crippen LogP contribution in [0.1, 0.15) is 17.3 Å². The van der Waals surface area contributed by atoms with E-state index in [2.05, 4.69) is 36.8 Å². The molecule has 2 rings (SSSR count). The molecule has 1 atom stereocenters. The van der Waals surface area contributed by atoms with E-state index < -0.39 is 0 Å². The molecule has 2 nitrogen and oxygen atoms in total. The zero-order chi connectivity index (χ0) is 13.1. The molecule has 0 aliphatic carbocycles. The summed E-state index contributed by atoms with van der Waals surface area (Å²) in [5.74, 6) is -0.248. The third kappa shape index (κ3) is 3.37. The van der Waals surface area contributed by atoms with Gasteiger partial charge < -0.3 is 5.73 Å². The van der Waals surface area contributed by atoms with Crippen molar-refractivity contribution in [2.75, 3.05) is 0 Å². The summed E-state index contributed by atoms with van der Waals surface area (Å²) in [6.07, 6.45) is 2.25. The van der Waals surface area contributed by atoms with E-state index >= 15 is 0 Å². The Hall–Kier alpha value is -0.780. The first-order valence-electron chi connectivity index (χ1n) is 5.37. The molecule has 0 spiro atoms. The molecule has 94 valence electrons. The molecule has 1 heterocycles. The standard InChI is InChI=1S/C13H11Br2FN2/c14-9-6-11(15)13(18-7-9)12(17)5-8-2-1-3-10(16)4-8/h1-4,6-7,12H,5,17H2. The van der Waals surface area contributed by atoms with E-state index in [0.29, 0.717) is 6.42 Å². The summed E-state index contributed by atoms with van der Waals surface area (Å²) < 4.78 is 14.8. The number of hydrogen-bond donors (Lipinski definition) is 1. The van der Waals surface area contributed by atoms with Crippen molar-refractivity contribution in [2.45, 2.75) is 12.5 Å². The lowest BCUT2D eigenvalue weighted by Gasteiger charge is -2.13. The minimum Gasteiger partial charge on any atom is -0.322 e. The van der Waals surface area contributed by atoms with Gasteiger partial charge in [-0.15, -0.1) is 0 Å². The molecule has 1 aromatic carbocycles. The monoisotopic (exact) mass is 372 g/mol. The minimum atomic E-state index is -0.269. The highest BCUT2D eigenvalue weighted by Crippen LogP contribution is 2.25. The van der Waals surface area contributed by atoms with Crippen LogP contribution < -0.4 is 5.73 Å². The van der Waals surface area contributed by atoms with Gasteiger partial charge in [-0.2, -0.15) is 0 Å². The molecular formula is C13H11Br2FN2. The lowest BCUT2D eigenvalue weighted by molar-refractivity contribution is 0.620. The van der Waals surface area contributed by atoms with Crippen LogP contribution in [0, 0.1) is 5.82 Å². The Morgan fingerprint density at radius 3 is 2.72 bits per heavy atom. The molecule has 2 aromatic rings. The summed E-state index contributed by atoms with van der Waals surface area (Å²) in [5.41, 5.74) is 7.72. The highest BCUT2D eigenvalue weighted by molar-refractivity contribution is 9.11. The smallest absolute Gasteiger partial charge is 0.123 e. The Morgan fingerprint density at radius 1 is 1.28 bits per heavy atom. The van der Waals surface area contributed by atoms with Crippen molar-refractivity contribution >= 4 is 31.9 Å². The topological polar surface area (TPSA) is 38.9 Å². The van der Waals surface area contributed by atoms with Gasteiger partial charge in [-0.3, -0.25) is 4.98 Å². The Bertz CT molecular complexity index is 560. The summed E-state index contributed by atoms with van der Waals surface area (Å²) in [5, 5.41) is 0. The lowest BCUT2D eigenvalue weighted by Crippen LogP contribution is -2.15. The number of halogens is 3. The third-order valence-corrected chi connectivity index (χ3v) is 3.60. The van der Waals surface area contributed by atoms with E-state index in [1.54, 1.807) is 12.3 Å². The predicted molar refractivity (Wildman–Crippen MR) is 76.7 cm³/mol. The fourth-order valence-corrected chi connectivity index (χ4v) is 2.99. The Balaban J connectivity index is 2.19. The normalized spacial score (nSPS) is 12.4. The molecule has 1 unspecified atom stereocenters. The maximum atomic E-state index is 13.1. The number of pyridine rings is 1. The zero-order valence-electron chi connectivity index (χ0n) is 9.41. The van der Waals surface area contributed by atoms with Crippen molar-refractivity contribution < 1.29 is 4.39 Å². The average molecular weight is 374 g/mol. The van der Waals surface area contributed by atoms with Gasteiger partial charge in [-0.05, 0) is 62.0 Å². The molecule has 2 N–H and O–H groups in total. The number of aromatic nitrogens is 1. The van der Waals surface area contributed by atoms with Gasteiger partial charge in [0.1, 0.15) is 5.82 Å². The van der Waals surface area contributed by atoms with Gasteiger partial charge >= 0.3 is 0 Å². The Morgan fingerprint density at radius 2 is 2.06 bits per heavy atom. The van der Waals surface area contributed by atoms with Gasteiger partial charge in [0.15, 0.2) is 0 Å². The first kappa shape index (κ1) is 13.6. The number of hydrogen-bond acceptors (Lipinski definition) is 2. The third-order valence-electron chi connectivity index (χ3n) is 2.53. The SMILES string of the molecule is NC(Cc1cccc(F)c1)c1ncc(Br)cc1Br. The minimum absolute atomic E-state index is 0.248. The molecule has 18 heavy (non-hydrogen) atoms. The second-order valence-electron chi connectivity index (χ2n) is 3.96. The van der Waals surface area contributed by atoms with Crippen LogP contribution in [0.15, 0.2) is 45.5 Å². The molecule has 0 saturated carbocycles. The first-order valence-corrected chi connectivity index (χ1v) is 6.96. The molecule has 0 bridgehead atoms. The van der Waals surface area contributed by atoms with E-state index in [4.69, 9.17) is 5.73 Å². The van der Waals surface area contributed by atoms with Crippen molar-refractivity contribution in [1.82, 2.24) is 4.98 Å². The van der Waals surface area contributed by atoms with Gasteiger partial charge in [0, 0.05) is 15.1 Å². The second-order valence-corrected chi connectivity index (χ2v) is 5.73. The fraction of sp³-hybridized carbons (Fsp3) is 0.154. The van der Waals surface area contributed by atoms with Gasteiger partial charge in [0.05, 0.1) is 11.7 Å². The molecule has 0 amide bonds. The first-order chi connectivity index (χ1) is 8.56. The predicted octanol–water partition coefficient (Wildman–Crippen LogP) is 3.99. The van der Waals surface area contributed by atoms with Crippen LogP contribution in [-0.4, -0.2) is 4.98 Å². The van der Waals surface area contributed by atoms with Gasteiger partial charge in [-0.1, -0.05) is 12.1 Å². The average Bonchev–Trinajstić information content (AvgIpc) is 2.28. The van der Waals surface area contributed by atoms with E-state index in [0.717, 1.165) is 20.2 Å². The van der Waals surface area contributed by atoms with E-state index in [1.165, 1.54) is 12.1 Å². The number of nitrogens with two attached hydrogens (primary N) is 1. The summed E-state index contributed by atoms with van der Waals surface area (Å²) in [6, 6.07) is 8.08. The molecule has 0 fully saturated rings. The quantitative estimate of drug-likeness (QED) is 0.883. The summed E-state index contributed by atoms with van der Waals surface area (Å²) in [6.45, 7) is 0. The molecule has 1 aromatic heterocycles. The lowest BCUT2D eigenvalue weighted by atomic mass is 10.0. The maximum Gasteiger partial charge on any atom is 0.123 e. The summed E-state index contributed by atoms with van der Waals surface area (Å²) in [7, 11) is 0. The fourth-order valence-electron chi connectivity index (χ4n) is 1.71. The highest BCUT2D eigenvalue weighted by atomic mass is 79.9. The van der Waals surface area contributed by atoms with Gasteiger partial charge in [0.2, 0.25) is 0 Å². The molecule has 5 heteroatoms. The summed E-state index contributed by atoms with van der Waals surface area (Å²) >= 11 is 6.77. The largest absolute Gasteiger partial charge is 0.322 e. The number of rotatable bonds is 3. The highest BCUT2D eigenvalue weighted by Gasteiger charge is 2.13. The van der Waals surface area contributed by atoms with Crippen molar-refractivity contribution in [3.63, 3.8) is 0 Å². The number of benzene rings is 1. The Labute approximate surface area is 122 Å². The van der Waals surface area contributed by atoms with Crippen LogP contribution >= 0.6 is 31.9 Å². The van der Waals surface area contributed by atoms with Crippen LogP contribution in [0.3, 0.4) is 0 Å². The van der Waals surface area contributed by atoms with E-state index in [1.807, 2.05) is 12.1 Å². The molecular weight excluding hydrogens is 363 g/mol. The van der Waals surface area contributed by atoms with Gasteiger partial charge in [0.25, 0.3) is 0 Å². The maximum absolute atomic E-state index is 13.1. The molecule has 0 aliphatic rings. The van der Waals surface area contributed by atoms with E-state index in [-0.39, 0.29) is 11.9 Å². The van der Waals surface area contributed by atoms with Crippen molar-refractivity contribution in [3.05, 3.63) is 62.5 Å². The van der Waals surface area contributed by atoms with Crippen molar-refractivity contribution in [2.24, 2.45) is 5.73 Å². The number of nitrogens with zero attached hydrogens (tertiary/aromatic N) is 1. The van der Waals surface area contributed by atoms with Crippen LogP contribution in [0.2, 0.25) is 0 Å². The molecule has 0 radical (unpaired) electrons. The zero-order valence-corrected chi connectivity index (χ0v) is 12.6. The van der Waals surface area contributed by atoms with Crippen molar-refractivity contribution in [3.8, 4) is 0 Å². The van der Waals surface area contributed by atoms with Crippen LogP contribution in [0.25, 0.3) is 0 Å². The summed E-state index contributed by atoms with van der Waals surface area (Å²) in [4.78, 5) is 4.28. The Kier molecular flexibility index (Phi) is 4.48. The van der Waals surface area contributed by atoms with E-state index in [9.17, 15) is 4.39 Å².